The van der Waals surface area contributed by atoms with E-state index >= 15 is 0 Å². The van der Waals surface area contributed by atoms with Crippen LogP contribution in [-0.4, -0.2) is 59.8 Å². The molecule has 138 valence electrons. The number of sulfone groups is 1. The summed E-state index contributed by atoms with van der Waals surface area (Å²) in [5.74, 6) is -0.902. The second kappa shape index (κ2) is 7.77. The fourth-order valence-corrected chi connectivity index (χ4v) is 4.50. The van der Waals surface area contributed by atoms with Gasteiger partial charge in [0.25, 0.3) is 5.91 Å². The number of nitro groups is 1. The summed E-state index contributed by atoms with van der Waals surface area (Å²) in [5, 5.41) is 11.0. The number of aryl methyl sites for hydroxylation is 1. The minimum Gasteiger partial charge on any atom is -0.476 e. The Balaban J connectivity index is 2.08. The molecule has 1 unspecified atom stereocenters. The van der Waals surface area contributed by atoms with Gasteiger partial charge in [0.1, 0.15) is 5.69 Å². The van der Waals surface area contributed by atoms with Crippen LogP contribution >= 0.6 is 0 Å². The van der Waals surface area contributed by atoms with Crippen LogP contribution < -0.4 is 4.74 Å². The molecule has 9 nitrogen and oxygen atoms in total. The van der Waals surface area contributed by atoms with Gasteiger partial charge >= 0.3 is 5.82 Å². The Morgan fingerprint density at radius 3 is 2.76 bits per heavy atom. The number of hydrogen-bond acceptors (Lipinski definition) is 7. The summed E-state index contributed by atoms with van der Waals surface area (Å²) in [5.41, 5.74) is 0.467. The van der Waals surface area contributed by atoms with Gasteiger partial charge in [0.05, 0.1) is 11.5 Å². The molecule has 0 radical (unpaired) electrons. The summed E-state index contributed by atoms with van der Waals surface area (Å²) in [6.07, 6.45) is 1.08. The van der Waals surface area contributed by atoms with E-state index < -0.39 is 27.2 Å². The molecule has 2 rings (SSSR count). The number of nitrogens with zero attached hydrogens (tertiary/aromatic N) is 3. The number of carbonyl (C=O) groups excluding carboxylic acids is 1. The molecule has 0 spiro atoms. The monoisotopic (exact) mass is 371 g/mol. The summed E-state index contributed by atoms with van der Waals surface area (Å²) >= 11 is 0. The number of carbonyl (C=O) groups is 1. The van der Waals surface area contributed by atoms with Crippen LogP contribution in [0.5, 0.6) is 5.75 Å². The smallest absolute Gasteiger partial charge is 0.406 e. The van der Waals surface area contributed by atoms with Crippen molar-refractivity contribution in [3.8, 4) is 5.75 Å². The van der Waals surface area contributed by atoms with Crippen LogP contribution in [0.1, 0.15) is 25.5 Å². The van der Waals surface area contributed by atoms with Gasteiger partial charge in [-0.3, -0.25) is 4.79 Å². The van der Waals surface area contributed by atoms with Crippen LogP contribution in [0, 0.1) is 17.0 Å². The van der Waals surface area contributed by atoms with Crippen molar-refractivity contribution in [2.24, 2.45) is 0 Å². The van der Waals surface area contributed by atoms with E-state index in [1.165, 1.54) is 11.0 Å². The van der Waals surface area contributed by atoms with Gasteiger partial charge in [0.15, 0.2) is 16.4 Å². The lowest BCUT2D eigenvalue weighted by molar-refractivity contribution is -0.390. The molecule has 1 fully saturated rings. The van der Waals surface area contributed by atoms with E-state index in [4.69, 9.17) is 4.74 Å². The third-order valence-corrected chi connectivity index (χ3v) is 5.69. The van der Waals surface area contributed by atoms with Gasteiger partial charge in [-0.25, -0.2) is 8.42 Å². The van der Waals surface area contributed by atoms with E-state index in [9.17, 15) is 23.3 Å². The number of ether oxygens (including phenoxy) is 1. The highest BCUT2D eigenvalue weighted by atomic mass is 32.2. The van der Waals surface area contributed by atoms with Crippen molar-refractivity contribution in [3.05, 3.63) is 27.9 Å². The molecular formula is C15H21N3O6S. The van der Waals surface area contributed by atoms with Crippen molar-refractivity contribution in [2.45, 2.75) is 32.7 Å². The van der Waals surface area contributed by atoms with E-state index in [0.29, 0.717) is 25.1 Å². The molecule has 10 heteroatoms. The molecule has 2 heterocycles. The predicted octanol–water partition coefficient (Wildman–Crippen LogP) is 1.10. The van der Waals surface area contributed by atoms with Crippen molar-refractivity contribution in [1.29, 1.82) is 0 Å². The Labute approximate surface area is 146 Å². The molecule has 0 N–H and O–H groups in total. The average Bonchev–Trinajstić information content (AvgIpc) is 2.90. The van der Waals surface area contributed by atoms with E-state index in [2.05, 4.69) is 4.98 Å². The lowest BCUT2D eigenvalue weighted by Gasteiger charge is -2.27. The average molecular weight is 371 g/mol. The quantitative estimate of drug-likeness (QED) is 0.520. The van der Waals surface area contributed by atoms with Crippen LogP contribution in [0.3, 0.4) is 0 Å². The number of hydrogen-bond donors (Lipinski definition) is 0. The van der Waals surface area contributed by atoms with Gasteiger partial charge in [-0.05, 0) is 34.9 Å². The van der Waals surface area contributed by atoms with Crippen molar-refractivity contribution in [3.63, 3.8) is 0 Å². The van der Waals surface area contributed by atoms with Crippen molar-refractivity contribution >= 4 is 21.6 Å². The van der Waals surface area contributed by atoms with Crippen molar-refractivity contribution < 1.29 is 22.9 Å². The van der Waals surface area contributed by atoms with Gasteiger partial charge < -0.3 is 19.8 Å². The number of amides is 1. The molecule has 1 aliphatic heterocycles. The maximum Gasteiger partial charge on any atom is 0.406 e. The Morgan fingerprint density at radius 2 is 2.20 bits per heavy atom. The molecule has 1 amide bonds. The molecule has 1 aliphatic rings. The molecule has 1 aromatic rings. The first-order valence-corrected chi connectivity index (χ1v) is 9.80. The van der Waals surface area contributed by atoms with E-state index in [-0.39, 0.29) is 29.2 Å². The van der Waals surface area contributed by atoms with E-state index in [1.807, 2.05) is 6.92 Å². The zero-order valence-corrected chi connectivity index (χ0v) is 15.0. The van der Waals surface area contributed by atoms with Gasteiger partial charge in [0.2, 0.25) is 5.75 Å². The van der Waals surface area contributed by atoms with E-state index in [1.54, 1.807) is 13.0 Å². The predicted molar refractivity (Wildman–Crippen MR) is 90.2 cm³/mol. The van der Waals surface area contributed by atoms with Gasteiger partial charge in [-0.15, -0.1) is 0 Å². The summed E-state index contributed by atoms with van der Waals surface area (Å²) in [4.78, 5) is 28.1. The second-order valence-corrected chi connectivity index (χ2v) is 8.19. The standard InChI is InChI=1S/C15H21N3O6S/c1-3-7-17(12-6-8-25(22,23)10-12)14(19)9-24-13-5-4-11(2)16-15(13)18(20)21/h4-5,12H,3,6-10H2,1-2H3. The van der Waals surface area contributed by atoms with Gasteiger partial charge in [-0.2, -0.15) is 0 Å². The Morgan fingerprint density at radius 1 is 1.48 bits per heavy atom. The van der Waals surface area contributed by atoms with Crippen LogP contribution in [-0.2, 0) is 14.6 Å². The maximum atomic E-state index is 12.5. The second-order valence-electron chi connectivity index (χ2n) is 5.96. The summed E-state index contributed by atoms with van der Waals surface area (Å²) < 4.78 is 28.6. The minimum absolute atomic E-state index is 0.0506. The highest BCUT2D eigenvalue weighted by Gasteiger charge is 2.34. The fourth-order valence-electron chi connectivity index (χ4n) is 2.77. The van der Waals surface area contributed by atoms with Crippen LogP contribution in [0.4, 0.5) is 5.82 Å². The van der Waals surface area contributed by atoms with Crippen molar-refractivity contribution in [1.82, 2.24) is 9.88 Å². The molecule has 0 saturated carbocycles. The fraction of sp³-hybridized carbons (Fsp3) is 0.600. The molecule has 1 saturated heterocycles. The molecule has 1 atom stereocenters. The Kier molecular flexibility index (Phi) is 5.93. The van der Waals surface area contributed by atoms with Gasteiger partial charge in [-0.1, -0.05) is 6.92 Å². The minimum atomic E-state index is -3.12. The summed E-state index contributed by atoms with van der Waals surface area (Å²) in [6, 6.07) is 2.59. The number of aromatic nitrogens is 1. The first kappa shape index (κ1) is 19.1. The van der Waals surface area contributed by atoms with Crippen molar-refractivity contribution in [2.75, 3.05) is 24.7 Å². The maximum absolute atomic E-state index is 12.5. The lowest BCUT2D eigenvalue weighted by atomic mass is 10.2. The van der Waals surface area contributed by atoms with Crippen LogP contribution in [0.15, 0.2) is 12.1 Å². The molecular weight excluding hydrogens is 350 g/mol. The topological polar surface area (TPSA) is 120 Å². The third kappa shape index (κ3) is 4.88. The molecule has 0 aliphatic carbocycles. The highest BCUT2D eigenvalue weighted by Crippen LogP contribution is 2.25. The van der Waals surface area contributed by atoms with Crippen LogP contribution in [0.2, 0.25) is 0 Å². The normalized spacial score (nSPS) is 18.7. The first-order valence-electron chi connectivity index (χ1n) is 7.98. The van der Waals surface area contributed by atoms with E-state index in [0.717, 1.165) is 0 Å². The largest absolute Gasteiger partial charge is 0.476 e. The first-order chi connectivity index (χ1) is 11.7. The zero-order chi connectivity index (χ0) is 18.6. The summed E-state index contributed by atoms with van der Waals surface area (Å²) in [6.45, 7) is 3.52. The Hall–Kier alpha value is -2.23. The molecule has 1 aromatic heterocycles. The molecule has 25 heavy (non-hydrogen) atoms. The lowest BCUT2D eigenvalue weighted by Crippen LogP contribution is -2.44. The highest BCUT2D eigenvalue weighted by molar-refractivity contribution is 7.91. The Bertz CT molecular complexity index is 765. The molecule has 0 aromatic carbocycles. The van der Waals surface area contributed by atoms with Crippen LogP contribution in [0.25, 0.3) is 0 Å². The van der Waals surface area contributed by atoms with Gasteiger partial charge in [0, 0.05) is 19.5 Å². The molecule has 0 bridgehead atoms. The zero-order valence-electron chi connectivity index (χ0n) is 14.2. The SMILES string of the molecule is CCCN(C(=O)COc1ccc(C)nc1[N+](=O)[O-])C1CCS(=O)(=O)C1. The summed E-state index contributed by atoms with van der Waals surface area (Å²) in [7, 11) is -3.12. The number of rotatable bonds is 7. The number of pyridine rings is 1. The third-order valence-electron chi connectivity index (χ3n) is 3.94.